The normalized spacial score (nSPS) is 13.8. The number of non-ortho nitro benzene ring substituents is 1. The van der Waals surface area contributed by atoms with Crippen molar-refractivity contribution in [2.24, 2.45) is 0 Å². The fraction of sp³-hybridized carbons (Fsp3) is 0.300. The number of hydrogen-bond acceptors (Lipinski definition) is 6. The van der Waals surface area contributed by atoms with Gasteiger partial charge in [-0.1, -0.05) is 12.1 Å². The number of amides is 1. The number of nitrogens with zero attached hydrogens (tertiary/aromatic N) is 3. The maximum Gasteiger partial charge on any atom is 0.310 e. The van der Waals surface area contributed by atoms with Crippen LogP contribution >= 0.6 is 0 Å². The first kappa shape index (κ1) is 20.2. The predicted octanol–water partition coefficient (Wildman–Crippen LogP) is 2.17. The van der Waals surface area contributed by atoms with Gasteiger partial charge in [-0.15, -0.1) is 0 Å². The van der Waals surface area contributed by atoms with Gasteiger partial charge in [0, 0.05) is 44.0 Å². The fourth-order valence-corrected chi connectivity index (χ4v) is 3.10. The number of ether oxygens (including phenoxy) is 1. The van der Waals surface area contributed by atoms with Crippen LogP contribution in [0.4, 0.5) is 15.8 Å². The minimum atomic E-state index is -0.589. The molecular formula is C20H20FN3O5. The number of rotatable bonds is 6. The van der Waals surface area contributed by atoms with Gasteiger partial charge in [0.15, 0.2) is 6.61 Å². The van der Waals surface area contributed by atoms with Crippen molar-refractivity contribution in [3.63, 3.8) is 0 Å². The third-order valence-electron chi connectivity index (χ3n) is 4.65. The third kappa shape index (κ3) is 5.50. The maximum absolute atomic E-state index is 13.1. The number of hydrogen-bond donors (Lipinski definition) is 0. The number of benzene rings is 2. The highest BCUT2D eigenvalue weighted by Gasteiger charge is 2.22. The van der Waals surface area contributed by atoms with E-state index in [1.165, 1.54) is 30.3 Å². The molecule has 1 aliphatic rings. The lowest BCUT2D eigenvalue weighted by Gasteiger charge is -2.36. The summed E-state index contributed by atoms with van der Waals surface area (Å²) >= 11 is 0. The van der Waals surface area contributed by atoms with Gasteiger partial charge in [-0.2, -0.15) is 0 Å². The van der Waals surface area contributed by atoms with E-state index in [4.69, 9.17) is 4.74 Å². The van der Waals surface area contributed by atoms with Crippen molar-refractivity contribution in [1.29, 1.82) is 0 Å². The second-order valence-electron chi connectivity index (χ2n) is 6.61. The average Bonchev–Trinajstić information content (AvgIpc) is 2.72. The Morgan fingerprint density at radius 1 is 1.07 bits per heavy atom. The summed E-state index contributed by atoms with van der Waals surface area (Å²) in [5.74, 6) is -1.31. The molecule has 152 valence electrons. The topological polar surface area (TPSA) is 93.0 Å². The summed E-state index contributed by atoms with van der Waals surface area (Å²) < 4.78 is 18.2. The standard InChI is InChI=1S/C20H20FN3O5/c21-16-3-1-2-15(12-16)13-20(26)29-14-19(25)23-10-8-22(9-11-23)17-4-6-18(7-5-17)24(27)28/h1-7,12H,8-11,13-14H2. The molecule has 29 heavy (non-hydrogen) atoms. The summed E-state index contributed by atoms with van der Waals surface area (Å²) in [6, 6.07) is 11.9. The van der Waals surface area contributed by atoms with Gasteiger partial charge in [-0.3, -0.25) is 19.7 Å². The largest absolute Gasteiger partial charge is 0.455 e. The van der Waals surface area contributed by atoms with Gasteiger partial charge in [-0.25, -0.2) is 4.39 Å². The minimum Gasteiger partial charge on any atom is -0.455 e. The summed E-state index contributed by atoms with van der Waals surface area (Å²) in [5.41, 5.74) is 1.37. The molecule has 0 atom stereocenters. The molecule has 9 heteroatoms. The summed E-state index contributed by atoms with van der Waals surface area (Å²) in [6.07, 6.45) is -0.0983. The fourth-order valence-electron chi connectivity index (χ4n) is 3.10. The molecule has 0 unspecified atom stereocenters. The molecule has 2 aromatic rings. The first-order chi connectivity index (χ1) is 13.9. The molecule has 1 saturated heterocycles. The Kier molecular flexibility index (Phi) is 6.38. The summed E-state index contributed by atoms with van der Waals surface area (Å²) in [5, 5.41) is 10.7. The molecule has 0 radical (unpaired) electrons. The SMILES string of the molecule is O=C(Cc1cccc(F)c1)OCC(=O)N1CCN(c2ccc([N+](=O)[O-])cc2)CC1. The van der Waals surface area contributed by atoms with Gasteiger partial charge in [0.2, 0.25) is 0 Å². The van der Waals surface area contributed by atoms with Crippen molar-refractivity contribution in [3.8, 4) is 0 Å². The number of esters is 1. The zero-order chi connectivity index (χ0) is 20.8. The molecule has 2 aromatic carbocycles. The highest BCUT2D eigenvalue weighted by Crippen LogP contribution is 2.20. The van der Waals surface area contributed by atoms with E-state index in [2.05, 4.69) is 0 Å². The second kappa shape index (κ2) is 9.13. The van der Waals surface area contributed by atoms with Crippen molar-refractivity contribution >= 4 is 23.3 Å². The van der Waals surface area contributed by atoms with Crippen LogP contribution in [0.1, 0.15) is 5.56 Å². The van der Waals surface area contributed by atoms with Gasteiger partial charge >= 0.3 is 5.97 Å². The number of carbonyl (C=O) groups excluding carboxylic acids is 2. The molecule has 0 aromatic heterocycles. The molecule has 1 amide bonds. The van der Waals surface area contributed by atoms with Crippen LogP contribution < -0.4 is 4.90 Å². The number of nitro benzene ring substituents is 1. The number of nitro groups is 1. The molecule has 1 aliphatic heterocycles. The van der Waals surface area contributed by atoms with Crippen molar-refractivity contribution in [3.05, 3.63) is 70.0 Å². The Morgan fingerprint density at radius 3 is 2.38 bits per heavy atom. The zero-order valence-corrected chi connectivity index (χ0v) is 15.6. The lowest BCUT2D eigenvalue weighted by atomic mass is 10.1. The molecule has 1 heterocycles. The maximum atomic E-state index is 13.1. The van der Waals surface area contributed by atoms with Crippen LogP contribution in [0.3, 0.4) is 0 Å². The van der Waals surface area contributed by atoms with Crippen molar-refractivity contribution in [2.75, 3.05) is 37.7 Å². The Balaban J connectivity index is 1.43. The predicted molar refractivity (Wildman–Crippen MR) is 103 cm³/mol. The highest BCUT2D eigenvalue weighted by molar-refractivity contribution is 5.81. The molecule has 0 saturated carbocycles. The van der Waals surface area contributed by atoms with Crippen molar-refractivity contribution < 1.29 is 23.6 Å². The van der Waals surface area contributed by atoms with E-state index in [1.807, 2.05) is 4.90 Å². The molecular weight excluding hydrogens is 381 g/mol. The molecule has 0 spiro atoms. The van der Waals surface area contributed by atoms with Crippen LogP contribution in [-0.2, 0) is 20.7 Å². The van der Waals surface area contributed by atoms with E-state index in [0.29, 0.717) is 31.7 Å². The van der Waals surface area contributed by atoms with Crippen LogP contribution in [-0.4, -0.2) is 54.5 Å². The lowest BCUT2D eigenvalue weighted by Crippen LogP contribution is -2.49. The van der Waals surface area contributed by atoms with Gasteiger partial charge < -0.3 is 14.5 Å². The first-order valence-corrected chi connectivity index (χ1v) is 9.09. The van der Waals surface area contributed by atoms with E-state index < -0.39 is 16.7 Å². The van der Waals surface area contributed by atoms with E-state index in [1.54, 1.807) is 23.1 Å². The van der Waals surface area contributed by atoms with Crippen LogP contribution in [0.2, 0.25) is 0 Å². The molecule has 1 fully saturated rings. The van der Waals surface area contributed by atoms with Crippen LogP contribution in [0.5, 0.6) is 0 Å². The van der Waals surface area contributed by atoms with Crippen LogP contribution in [0.25, 0.3) is 0 Å². The van der Waals surface area contributed by atoms with Crippen molar-refractivity contribution in [1.82, 2.24) is 4.90 Å². The summed E-state index contributed by atoms with van der Waals surface area (Å²) in [7, 11) is 0. The van der Waals surface area contributed by atoms with Crippen LogP contribution in [0.15, 0.2) is 48.5 Å². The number of piperazine rings is 1. The summed E-state index contributed by atoms with van der Waals surface area (Å²) in [6.45, 7) is 1.70. The van der Waals surface area contributed by atoms with Crippen molar-refractivity contribution in [2.45, 2.75) is 6.42 Å². The zero-order valence-electron chi connectivity index (χ0n) is 15.6. The monoisotopic (exact) mass is 401 g/mol. The van der Waals surface area contributed by atoms with E-state index in [9.17, 15) is 24.1 Å². The smallest absolute Gasteiger partial charge is 0.310 e. The molecule has 0 bridgehead atoms. The molecule has 8 nitrogen and oxygen atoms in total. The van der Waals surface area contributed by atoms with E-state index in [-0.39, 0.29) is 24.6 Å². The molecule has 0 aliphatic carbocycles. The average molecular weight is 401 g/mol. The highest BCUT2D eigenvalue weighted by atomic mass is 19.1. The molecule has 3 rings (SSSR count). The first-order valence-electron chi connectivity index (χ1n) is 9.09. The Hall–Kier alpha value is -3.49. The number of halogens is 1. The Bertz CT molecular complexity index is 895. The van der Waals surface area contributed by atoms with Gasteiger partial charge in [0.05, 0.1) is 11.3 Å². The van der Waals surface area contributed by atoms with E-state index >= 15 is 0 Å². The van der Waals surface area contributed by atoms with E-state index in [0.717, 1.165) is 5.69 Å². The summed E-state index contributed by atoms with van der Waals surface area (Å²) in [4.78, 5) is 38.0. The Labute approximate surface area is 166 Å². The third-order valence-corrected chi connectivity index (χ3v) is 4.65. The number of carbonyl (C=O) groups is 2. The van der Waals surface area contributed by atoms with Gasteiger partial charge in [0.25, 0.3) is 11.6 Å². The Morgan fingerprint density at radius 2 is 1.76 bits per heavy atom. The van der Waals surface area contributed by atoms with Gasteiger partial charge in [-0.05, 0) is 29.8 Å². The number of anilines is 1. The second-order valence-corrected chi connectivity index (χ2v) is 6.61. The minimum absolute atomic E-state index is 0.0302. The van der Waals surface area contributed by atoms with Gasteiger partial charge in [0.1, 0.15) is 5.82 Å². The lowest BCUT2D eigenvalue weighted by molar-refractivity contribution is -0.384. The quantitative estimate of drug-likeness (QED) is 0.418. The van der Waals surface area contributed by atoms with Crippen LogP contribution in [0, 0.1) is 15.9 Å². The molecule has 0 N–H and O–H groups in total.